The van der Waals surface area contributed by atoms with Gasteiger partial charge in [-0.1, -0.05) is 30.8 Å². The smallest absolute Gasteiger partial charge is 0.415 e. The molecule has 0 aliphatic carbocycles. The summed E-state index contributed by atoms with van der Waals surface area (Å²) >= 11 is 0. The maximum atomic E-state index is 12.1. The average molecular weight is 521 g/mol. The number of carbonyl (C=O) groups excluding carboxylic acids is 2. The van der Waals surface area contributed by atoms with Gasteiger partial charge in [-0.2, -0.15) is 4.98 Å². The SMILES string of the molecule is C=CC(=O)N1CCN(C2(c3ccc([C@H](C)Nc4ncc5c(n4)N(CC)C(=O)OC5)cc3)CCOCC2)CC1. The van der Waals surface area contributed by atoms with Crippen molar-refractivity contribution in [1.82, 2.24) is 19.8 Å². The van der Waals surface area contributed by atoms with Crippen LogP contribution in [0.2, 0.25) is 0 Å². The van der Waals surface area contributed by atoms with E-state index in [-0.39, 0.29) is 30.2 Å². The number of ether oxygens (including phenoxy) is 2. The molecule has 202 valence electrons. The number of cyclic esters (lactones) is 1. The van der Waals surface area contributed by atoms with Crippen LogP contribution in [0, 0.1) is 0 Å². The van der Waals surface area contributed by atoms with E-state index in [2.05, 4.69) is 58.0 Å². The first-order valence-corrected chi connectivity index (χ1v) is 13.4. The Balaban J connectivity index is 1.31. The normalized spacial score (nSPS) is 20.3. The largest absolute Gasteiger partial charge is 0.444 e. The summed E-state index contributed by atoms with van der Waals surface area (Å²) in [4.78, 5) is 39.2. The fourth-order valence-corrected chi connectivity index (χ4v) is 5.73. The molecule has 4 heterocycles. The van der Waals surface area contributed by atoms with E-state index in [0.717, 1.165) is 50.3 Å². The molecule has 10 heteroatoms. The summed E-state index contributed by atoms with van der Waals surface area (Å²) in [5.41, 5.74) is 3.09. The van der Waals surface area contributed by atoms with E-state index in [9.17, 15) is 9.59 Å². The molecule has 1 atom stereocenters. The van der Waals surface area contributed by atoms with Gasteiger partial charge in [0, 0.05) is 52.1 Å². The van der Waals surface area contributed by atoms with Crippen LogP contribution in [0.5, 0.6) is 0 Å². The zero-order valence-electron chi connectivity index (χ0n) is 22.2. The van der Waals surface area contributed by atoms with E-state index in [0.29, 0.717) is 31.4 Å². The van der Waals surface area contributed by atoms with Gasteiger partial charge >= 0.3 is 6.09 Å². The topological polar surface area (TPSA) is 100 Å². The lowest BCUT2D eigenvalue weighted by Crippen LogP contribution is -2.58. The second-order valence-corrected chi connectivity index (χ2v) is 9.99. The molecular formula is C28H36N6O4. The van der Waals surface area contributed by atoms with Gasteiger partial charge in [0.15, 0.2) is 0 Å². The first-order chi connectivity index (χ1) is 18.4. The van der Waals surface area contributed by atoms with E-state index in [4.69, 9.17) is 9.47 Å². The molecule has 10 nitrogen and oxygen atoms in total. The van der Waals surface area contributed by atoms with Crippen molar-refractivity contribution >= 4 is 23.8 Å². The van der Waals surface area contributed by atoms with Crippen molar-refractivity contribution in [2.24, 2.45) is 0 Å². The van der Waals surface area contributed by atoms with Crippen molar-refractivity contribution in [1.29, 1.82) is 0 Å². The maximum Gasteiger partial charge on any atom is 0.415 e. The van der Waals surface area contributed by atoms with Crippen LogP contribution in [0.15, 0.2) is 43.1 Å². The highest BCUT2D eigenvalue weighted by Gasteiger charge is 2.41. The molecule has 38 heavy (non-hydrogen) atoms. The Labute approximate surface area is 223 Å². The zero-order chi connectivity index (χ0) is 26.7. The summed E-state index contributed by atoms with van der Waals surface area (Å²) in [5.74, 6) is 1.07. The van der Waals surface area contributed by atoms with Gasteiger partial charge in [-0.15, -0.1) is 0 Å². The van der Waals surface area contributed by atoms with E-state index < -0.39 is 0 Å². The van der Waals surface area contributed by atoms with Gasteiger partial charge in [-0.25, -0.2) is 9.78 Å². The lowest BCUT2D eigenvalue weighted by molar-refractivity contribution is -0.130. The van der Waals surface area contributed by atoms with Crippen LogP contribution < -0.4 is 10.2 Å². The number of benzene rings is 1. The van der Waals surface area contributed by atoms with Gasteiger partial charge in [0.1, 0.15) is 12.4 Å². The number of hydrogen-bond donors (Lipinski definition) is 1. The van der Waals surface area contributed by atoms with Gasteiger partial charge in [-0.3, -0.25) is 14.6 Å². The van der Waals surface area contributed by atoms with Crippen molar-refractivity contribution in [2.45, 2.75) is 44.9 Å². The number of piperazine rings is 1. The molecule has 2 amide bonds. The molecule has 1 aromatic heterocycles. The van der Waals surface area contributed by atoms with E-state index in [1.165, 1.54) is 16.5 Å². The van der Waals surface area contributed by atoms with Crippen LogP contribution in [-0.2, 0) is 26.4 Å². The van der Waals surface area contributed by atoms with Crippen molar-refractivity contribution in [2.75, 3.05) is 56.2 Å². The highest BCUT2D eigenvalue weighted by molar-refractivity contribution is 5.89. The van der Waals surface area contributed by atoms with Crippen LogP contribution in [0.25, 0.3) is 0 Å². The third-order valence-corrected chi connectivity index (χ3v) is 7.97. The zero-order valence-corrected chi connectivity index (χ0v) is 22.2. The molecule has 0 bridgehead atoms. The fraction of sp³-hybridized carbons (Fsp3) is 0.500. The minimum absolute atomic E-state index is 0.00163. The van der Waals surface area contributed by atoms with Crippen LogP contribution in [0.3, 0.4) is 0 Å². The molecule has 0 radical (unpaired) electrons. The van der Waals surface area contributed by atoms with Crippen LogP contribution >= 0.6 is 0 Å². The lowest BCUT2D eigenvalue weighted by atomic mass is 9.80. The Morgan fingerprint density at radius 3 is 2.55 bits per heavy atom. The standard InChI is InChI=1S/C28H36N6O4/c1-4-24(35)32-12-14-33(15-13-32)28(10-16-37-17-11-28)23-8-6-21(7-9-23)20(3)30-26-29-18-22-19-38-27(36)34(5-2)25(22)31-26/h4,6-9,18,20H,1,5,10-17,19H2,2-3H3,(H,29,30,31)/t20-/m0/s1. The Morgan fingerprint density at radius 1 is 1.18 bits per heavy atom. The van der Waals surface area contributed by atoms with Crippen molar-refractivity contribution in [3.63, 3.8) is 0 Å². The lowest BCUT2D eigenvalue weighted by Gasteiger charge is -2.50. The second kappa shape index (κ2) is 11.1. The summed E-state index contributed by atoms with van der Waals surface area (Å²) in [6.07, 6.45) is 4.58. The van der Waals surface area contributed by atoms with Crippen LogP contribution in [0.4, 0.5) is 16.6 Å². The molecule has 2 saturated heterocycles. The average Bonchev–Trinajstić information content (AvgIpc) is 2.97. The molecule has 3 aliphatic heterocycles. The highest BCUT2D eigenvalue weighted by atomic mass is 16.6. The first-order valence-electron chi connectivity index (χ1n) is 13.4. The predicted molar refractivity (Wildman–Crippen MR) is 144 cm³/mol. The number of aromatic nitrogens is 2. The van der Waals surface area contributed by atoms with Crippen molar-refractivity contribution in [3.05, 3.63) is 59.8 Å². The summed E-state index contributed by atoms with van der Waals surface area (Å²) in [7, 11) is 0. The molecule has 3 aliphatic rings. The number of nitrogens with zero attached hydrogens (tertiary/aromatic N) is 5. The fourth-order valence-electron chi connectivity index (χ4n) is 5.73. The monoisotopic (exact) mass is 520 g/mol. The molecular weight excluding hydrogens is 484 g/mol. The third kappa shape index (κ3) is 4.98. The number of nitrogens with one attached hydrogen (secondary N) is 1. The second-order valence-electron chi connectivity index (χ2n) is 9.99. The number of rotatable bonds is 7. The van der Waals surface area contributed by atoms with Gasteiger partial charge < -0.3 is 19.7 Å². The van der Waals surface area contributed by atoms with Gasteiger partial charge in [0.2, 0.25) is 11.9 Å². The number of amides is 2. The summed E-state index contributed by atoms with van der Waals surface area (Å²) < 4.78 is 10.9. The first kappa shape index (κ1) is 26.1. The van der Waals surface area contributed by atoms with Crippen LogP contribution in [-0.4, -0.2) is 77.7 Å². The Morgan fingerprint density at radius 2 is 1.89 bits per heavy atom. The molecule has 2 aromatic rings. The Kier molecular flexibility index (Phi) is 7.62. The van der Waals surface area contributed by atoms with E-state index in [1.54, 1.807) is 6.20 Å². The number of carbonyl (C=O) groups is 2. The molecule has 5 rings (SSSR count). The van der Waals surface area contributed by atoms with Crippen molar-refractivity contribution < 1.29 is 19.1 Å². The molecule has 1 aromatic carbocycles. The Bertz CT molecular complexity index is 1170. The van der Waals surface area contributed by atoms with Gasteiger partial charge in [0.05, 0.1) is 17.1 Å². The van der Waals surface area contributed by atoms with Crippen molar-refractivity contribution in [3.8, 4) is 0 Å². The number of fused-ring (bicyclic) bond motifs is 1. The quantitative estimate of drug-likeness (QED) is 0.554. The van der Waals surface area contributed by atoms with Gasteiger partial charge in [-0.05, 0) is 43.9 Å². The molecule has 0 unspecified atom stereocenters. The Hall–Kier alpha value is -3.50. The molecule has 2 fully saturated rings. The summed E-state index contributed by atoms with van der Waals surface area (Å²) in [6.45, 7) is 12.8. The maximum absolute atomic E-state index is 12.1. The molecule has 0 spiro atoms. The molecule has 0 saturated carbocycles. The van der Waals surface area contributed by atoms with E-state index in [1.807, 2.05) is 11.8 Å². The molecule has 1 N–H and O–H groups in total. The van der Waals surface area contributed by atoms with Gasteiger partial charge in [0.25, 0.3) is 0 Å². The highest BCUT2D eigenvalue weighted by Crippen LogP contribution is 2.39. The minimum atomic E-state index is -0.385. The predicted octanol–water partition coefficient (Wildman–Crippen LogP) is 3.46. The summed E-state index contributed by atoms with van der Waals surface area (Å²) in [6, 6.07) is 8.74. The minimum Gasteiger partial charge on any atom is -0.444 e. The number of hydrogen-bond acceptors (Lipinski definition) is 8. The van der Waals surface area contributed by atoms with Crippen LogP contribution in [0.1, 0.15) is 49.4 Å². The van der Waals surface area contributed by atoms with E-state index >= 15 is 0 Å². The third-order valence-electron chi connectivity index (χ3n) is 7.97. The summed E-state index contributed by atoms with van der Waals surface area (Å²) in [5, 5.41) is 3.38. The number of anilines is 2.